The Labute approximate surface area is 94.8 Å². The molecule has 2 heteroatoms. The van der Waals surface area contributed by atoms with E-state index in [-0.39, 0.29) is 0 Å². The van der Waals surface area contributed by atoms with Crippen molar-refractivity contribution in [3.8, 4) is 0 Å². The molecule has 2 nitrogen and oxygen atoms in total. The van der Waals surface area contributed by atoms with E-state index in [2.05, 4.69) is 40.1 Å². The topological polar surface area (TPSA) is 21.3 Å². The van der Waals surface area contributed by atoms with Crippen LogP contribution in [0.25, 0.3) is 0 Å². The molecule has 1 fully saturated rings. The Bertz CT molecular complexity index is 193. The summed E-state index contributed by atoms with van der Waals surface area (Å²) in [7, 11) is 2.06. The van der Waals surface area contributed by atoms with Crippen LogP contribution in [0.4, 0.5) is 0 Å². The summed E-state index contributed by atoms with van der Waals surface area (Å²) in [5, 5.41) is 3.39. The van der Waals surface area contributed by atoms with Gasteiger partial charge in [-0.25, -0.2) is 0 Å². The molecule has 1 aliphatic rings. The first kappa shape index (κ1) is 13.0. The van der Waals surface area contributed by atoms with Gasteiger partial charge in [0, 0.05) is 18.1 Å². The molecule has 0 aromatic carbocycles. The first-order valence-corrected chi connectivity index (χ1v) is 6.33. The SMILES string of the molecule is CCC1(C)C(NC)CC1OCCC(C)C. The molecule has 3 atom stereocenters. The maximum Gasteiger partial charge on any atom is 0.0658 e. The zero-order valence-corrected chi connectivity index (χ0v) is 11.0. The van der Waals surface area contributed by atoms with Crippen molar-refractivity contribution in [2.45, 2.75) is 59.1 Å². The molecule has 1 N–H and O–H groups in total. The van der Waals surface area contributed by atoms with E-state index in [4.69, 9.17) is 4.74 Å². The van der Waals surface area contributed by atoms with Crippen LogP contribution in [-0.2, 0) is 4.74 Å². The van der Waals surface area contributed by atoms with E-state index < -0.39 is 0 Å². The highest BCUT2D eigenvalue weighted by Crippen LogP contribution is 2.45. The van der Waals surface area contributed by atoms with Crippen molar-refractivity contribution in [3.63, 3.8) is 0 Å². The third kappa shape index (κ3) is 2.73. The second kappa shape index (κ2) is 5.31. The fourth-order valence-corrected chi connectivity index (χ4v) is 2.44. The quantitative estimate of drug-likeness (QED) is 0.732. The zero-order valence-electron chi connectivity index (χ0n) is 11.0. The molecule has 0 aromatic heterocycles. The van der Waals surface area contributed by atoms with Crippen LogP contribution in [0.2, 0.25) is 0 Å². The summed E-state index contributed by atoms with van der Waals surface area (Å²) in [6.07, 6.45) is 4.03. The minimum absolute atomic E-state index is 0.353. The van der Waals surface area contributed by atoms with E-state index in [0.29, 0.717) is 17.6 Å². The number of ether oxygens (including phenoxy) is 1. The van der Waals surface area contributed by atoms with Crippen LogP contribution in [0, 0.1) is 11.3 Å². The van der Waals surface area contributed by atoms with E-state index in [1.165, 1.54) is 19.3 Å². The average Bonchev–Trinajstić information content (AvgIpc) is 2.20. The Hall–Kier alpha value is -0.0800. The van der Waals surface area contributed by atoms with Gasteiger partial charge in [-0.3, -0.25) is 0 Å². The third-order valence-electron chi connectivity index (χ3n) is 4.11. The molecule has 1 rings (SSSR count). The van der Waals surface area contributed by atoms with Crippen molar-refractivity contribution in [2.75, 3.05) is 13.7 Å². The van der Waals surface area contributed by atoms with Gasteiger partial charge in [-0.1, -0.05) is 27.7 Å². The monoisotopic (exact) mass is 213 g/mol. The van der Waals surface area contributed by atoms with E-state index in [1.807, 2.05) is 0 Å². The molecular weight excluding hydrogens is 186 g/mol. The van der Waals surface area contributed by atoms with Gasteiger partial charge < -0.3 is 10.1 Å². The Morgan fingerprint density at radius 2 is 2.13 bits per heavy atom. The summed E-state index contributed by atoms with van der Waals surface area (Å²) in [5.74, 6) is 0.748. The molecule has 1 aliphatic carbocycles. The predicted molar refractivity (Wildman–Crippen MR) is 65.1 cm³/mol. The van der Waals surface area contributed by atoms with Gasteiger partial charge in [0.1, 0.15) is 0 Å². The first-order valence-electron chi connectivity index (χ1n) is 6.33. The van der Waals surface area contributed by atoms with Crippen molar-refractivity contribution in [3.05, 3.63) is 0 Å². The van der Waals surface area contributed by atoms with Crippen molar-refractivity contribution in [1.29, 1.82) is 0 Å². The standard InChI is InChI=1S/C13H27NO/c1-6-13(4)11(14-5)9-12(13)15-8-7-10(2)3/h10-12,14H,6-9H2,1-5H3. The van der Waals surface area contributed by atoms with Gasteiger partial charge in [0.05, 0.1) is 6.10 Å². The average molecular weight is 213 g/mol. The van der Waals surface area contributed by atoms with Crippen molar-refractivity contribution in [2.24, 2.45) is 11.3 Å². The van der Waals surface area contributed by atoms with Gasteiger partial charge in [0.15, 0.2) is 0 Å². The highest BCUT2D eigenvalue weighted by Gasteiger charge is 2.50. The van der Waals surface area contributed by atoms with Crippen LogP contribution < -0.4 is 5.32 Å². The molecule has 0 aromatic rings. The molecule has 0 saturated heterocycles. The summed E-state index contributed by atoms with van der Waals surface area (Å²) in [5.41, 5.74) is 0.353. The summed E-state index contributed by atoms with van der Waals surface area (Å²) in [6.45, 7) is 10.0. The largest absolute Gasteiger partial charge is 0.378 e. The van der Waals surface area contributed by atoms with Gasteiger partial charge in [-0.15, -0.1) is 0 Å². The van der Waals surface area contributed by atoms with Crippen molar-refractivity contribution >= 4 is 0 Å². The van der Waals surface area contributed by atoms with Gasteiger partial charge in [0.25, 0.3) is 0 Å². The molecule has 0 heterocycles. The Balaban J connectivity index is 2.32. The molecule has 90 valence electrons. The molecular formula is C13H27NO. The Morgan fingerprint density at radius 1 is 1.47 bits per heavy atom. The van der Waals surface area contributed by atoms with Gasteiger partial charge in [0.2, 0.25) is 0 Å². The maximum absolute atomic E-state index is 5.99. The second-order valence-corrected chi connectivity index (χ2v) is 5.48. The molecule has 3 unspecified atom stereocenters. The summed E-state index contributed by atoms with van der Waals surface area (Å²) < 4.78 is 5.99. The molecule has 1 saturated carbocycles. The lowest BCUT2D eigenvalue weighted by atomic mass is 9.61. The minimum Gasteiger partial charge on any atom is -0.378 e. The molecule has 0 amide bonds. The number of hydrogen-bond donors (Lipinski definition) is 1. The minimum atomic E-state index is 0.353. The molecule has 0 spiro atoms. The van der Waals surface area contributed by atoms with Gasteiger partial charge in [-0.2, -0.15) is 0 Å². The Kier molecular flexibility index (Phi) is 4.60. The lowest BCUT2D eigenvalue weighted by Gasteiger charge is -2.53. The summed E-state index contributed by atoms with van der Waals surface area (Å²) in [4.78, 5) is 0. The number of hydrogen-bond acceptors (Lipinski definition) is 2. The van der Waals surface area contributed by atoms with E-state index in [9.17, 15) is 0 Å². The van der Waals surface area contributed by atoms with Crippen LogP contribution in [-0.4, -0.2) is 25.8 Å². The van der Waals surface area contributed by atoms with E-state index in [1.54, 1.807) is 0 Å². The normalized spacial score (nSPS) is 35.6. The maximum atomic E-state index is 5.99. The lowest BCUT2D eigenvalue weighted by Crippen LogP contribution is -2.61. The fourth-order valence-electron chi connectivity index (χ4n) is 2.44. The summed E-state index contributed by atoms with van der Waals surface area (Å²) in [6, 6.07) is 0.645. The van der Waals surface area contributed by atoms with Crippen LogP contribution >= 0.6 is 0 Å². The van der Waals surface area contributed by atoms with E-state index in [0.717, 1.165) is 12.5 Å². The second-order valence-electron chi connectivity index (χ2n) is 5.48. The molecule has 0 bridgehead atoms. The van der Waals surface area contributed by atoms with Crippen LogP contribution in [0.5, 0.6) is 0 Å². The van der Waals surface area contributed by atoms with E-state index >= 15 is 0 Å². The van der Waals surface area contributed by atoms with Crippen molar-refractivity contribution < 1.29 is 4.74 Å². The fraction of sp³-hybridized carbons (Fsp3) is 1.00. The lowest BCUT2D eigenvalue weighted by molar-refractivity contribution is -0.129. The highest BCUT2D eigenvalue weighted by atomic mass is 16.5. The number of rotatable bonds is 6. The van der Waals surface area contributed by atoms with Crippen LogP contribution in [0.15, 0.2) is 0 Å². The molecule has 0 radical (unpaired) electrons. The molecule has 0 aliphatic heterocycles. The van der Waals surface area contributed by atoms with Crippen LogP contribution in [0.3, 0.4) is 0 Å². The van der Waals surface area contributed by atoms with Crippen molar-refractivity contribution in [1.82, 2.24) is 5.32 Å². The number of nitrogens with one attached hydrogen (secondary N) is 1. The smallest absolute Gasteiger partial charge is 0.0658 e. The van der Waals surface area contributed by atoms with Gasteiger partial charge >= 0.3 is 0 Å². The van der Waals surface area contributed by atoms with Gasteiger partial charge in [-0.05, 0) is 32.2 Å². The third-order valence-corrected chi connectivity index (χ3v) is 4.11. The molecule has 15 heavy (non-hydrogen) atoms. The predicted octanol–water partition coefficient (Wildman–Crippen LogP) is 2.83. The zero-order chi connectivity index (χ0) is 11.5. The van der Waals surface area contributed by atoms with Crippen LogP contribution in [0.1, 0.15) is 47.0 Å². The first-order chi connectivity index (χ1) is 7.04. The Morgan fingerprint density at radius 3 is 2.60 bits per heavy atom. The highest BCUT2D eigenvalue weighted by molar-refractivity contribution is 5.04. The summed E-state index contributed by atoms with van der Waals surface area (Å²) >= 11 is 0.